The maximum atomic E-state index is 11.0. The zero-order chi connectivity index (χ0) is 9.40. The van der Waals surface area contributed by atoms with Crippen LogP contribution in [0.5, 0.6) is 0 Å². The third-order valence-electron chi connectivity index (χ3n) is 1.41. The highest BCUT2D eigenvalue weighted by Crippen LogP contribution is 1.97. The average Bonchev–Trinajstić information content (AvgIpc) is 2.03. The van der Waals surface area contributed by atoms with Gasteiger partial charge in [0.15, 0.2) is 0 Å². The second-order valence-corrected chi connectivity index (χ2v) is 3.94. The van der Waals surface area contributed by atoms with Gasteiger partial charge in [0, 0.05) is 13.0 Å². The number of hydrogen-bond donors (Lipinski definition) is 1. The molecule has 0 aliphatic heterocycles. The molecule has 0 rings (SSSR count). The van der Waals surface area contributed by atoms with Crippen LogP contribution in [0.3, 0.4) is 0 Å². The van der Waals surface area contributed by atoms with Crippen molar-refractivity contribution >= 4 is 21.8 Å². The Morgan fingerprint density at radius 1 is 1.67 bits per heavy atom. The molecule has 3 heteroatoms. The summed E-state index contributed by atoms with van der Waals surface area (Å²) in [6, 6.07) is 0. The van der Waals surface area contributed by atoms with E-state index in [0.717, 1.165) is 25.8 Å². The normalized spacial score (nSPS) is 11.8. The molecule has 0 heterocycles. The van der Waals surface area contributed by atoms with Crippen LogP contribution in [0.1, 0.15) is 26.2 Å². The summed E-state index contributed by atoms with van der Waals surface area (Å²) in [4.78, 5) is 10.9. The van der Waals surface area contributed by atoms with Gasteiger partial charge in [-0.15, -0.1) is 12.3 Å². The van der Waals surface area contributed by atoms with Crippen molar-refractivity contribution in [1.82, 2.24) is 5.32 Å². The molecule has 1 N–H and O–H groups in total. The van der Waals surface area contributed by atoms with Gasteiger partial charge < -0.3 is 5.32 Å². The highest BCUT2D eigenvalue weighted by molar-refractivity contribution is 9.10. The van der Waals surface area contributed by atoms with E-state index >= 15 is 0 Å². The molecule has 0 saturated carbocycles. The third-order valence-corrected chi connectivity index (χ3v) is 1.82. The Labute approximate surface area is 82.2 Å². The fourth-order valence-corrected chi connectivity index (χ4v) is 0.866. The molecule has 0 saturated heterocycles. The summed E-state index contributed by atoms with van der Waals surface area (Å²) in [7, 11) is 0. The number of carbonyl (C=O) groups excluding carboxylic acids is 1. The van der Waals surface area contributed by atoms with Crippen molar-refractivity contribution in [2.45, 2.75) is 31.0 Å². The maximum Gasteiger partial charge on any atom is 0.233 e. The van der Waals surface area contributed by atoms with Gasteiger partial charge in [-0.3, -0.25) is 4.79 Å². The number of amides is 1. The molecular weight excluding hydrogens is 218 g/mol. The molecule has 12 heavy (non-hydrogen) atoms. The standard InChI is InChI=1S/C9H14BrNO/c1-3-4-5-6-7-11-9(12)8(2)10/h1,8H,4-7H2,2H3,(H,11,12). The van der Waals surface area contributed by atoms with Crippen LogP contribution in [0.25, 0.3) is 0 Å². The molecule has 0 aliphatic carbocycles. The van der Waals surface area contributed by atoms with E-state index in [0.29, 0.717) is 0 Å². The highest BCUT2D eigenvalue weighted by Gasteiger charge is 2.05. The third kappa shape index (κ3) is 6.23. The Hall–Kier alpha value is -0.490. The summed E-state index contributed by atoms with van der Waals surface area (Å²) >= 11 is 3.18. The van der Waals surface area contributed by atoms with Gasteiger partial charge in [0.25, 0.3) is 0 Å². The Balaban J connectivity index is 3.21. The van der Waals surface area contributed by atoms with Crippen LogP contribution in [0.4, 0.5) is 0 Å². The first-order valence-corrected chi connectivity index (χ1v) is 4.95. The van der Waals surface area contributed by atoms with E-state index in [-0.39, 0.29) is 10.7 Å². The minimum Gasteiger partial charge on any atom is -0.355 e. The monoisotopic (exact) mass is 231 g/mol. The number of terminal acetylenes is 1. The molecule has 0 bridgehead atoms. The fourth-order valence-electron chi connectivity index (χ4n) is 0.704. The Kier molecular flexibility index (Phi) is 6.88. The van der Waals surface area contributed by atoms with Crippen molar-refractivity contribution < 1.29 is 4.79 Å². The Bertz CT molecular complexity index is 172. The van der Waals surface area contributed by atoms with Gasteiger partial charge in [0.1, 0.15) is 0 Å². The zero-order valence-corrected chi connectivity index (χ0v) is 8.86. The van der Waals surface area contributed by atoms with Crippen molar-refractivity contribution in [3.8, 4) is 12.3 Å². The van der Waals surface area contributed by atoms with E-state index < -0.39 is 0 Å². The zero-order valence-electron chi connectivity index (χ0n) is 7.27. The molecule has 1 amide bonds. The van der Waals surface area contributed by atoms with Crippen molar-refractivity contribution in [2.24, 2.45) is 0 Å². The second-order valence-electron chi connectivity index (χ2n) is 2.57. The molecule has 0 spiro atoms. The van der Waals surface area contributed by atoms with Crippen LogP contribution >= 0.6 is 15.9 Å². The van der Waals surface area contributed by atoms with Crippen LogP contribution in [-0.2, 0) is 4.79 Å². The topological polar surface area (TPSA) is 29.1 Å². The summed E-state index contributed by atoms with van der Waals surface area (Å²) in [6.45, 7) is 2.52. The lowest BCUT2D eigenvalue weighted by atomic mass is 10.2. The highest BCUT2D eigenvalue weighted by atomic mass is 79.9. The average molecular weight is 232 g/mol. The SMILES string of the molecule is C#CCCCCNC(=O)C(C)Br. The number of carbonyl (C=O) groups is 1. The van der Waals surface area contributed by atoms with Crippen LogP contribution in [0.2, 0.25) is 0 Å². The minimum absolute atomic E-state index is 0.0377. The predicted molar refractivity (Wildman–Crippen MR) is 54.1 cm³/mol. The Morgan fingerprint density at radius 3 is 2.83 bits per heavy atom. The van der Waals surface area contributed by atoms with Gasteiger partial charge >= 0.3 is 0 Å². The van der Waals surface area contributed by atoms with Gasteiger partial charge in [0.05, 0.1) is 4.83 Å². The molecule has 0 aromatic carbocycles. The lowest BCUT2D eigenvalue weighted by molar-refractivity contribution is -0.120. The number of alkyl halides is 1. The maximum absolute atomic E-state index is 11.0. The summed E-state index contributed by atoms with van der Waals surface area (Å²) in [5.74, 6) is 2.59. The van der Waals surface area contributed by atoms with Crippen LogP contribution < -0.4 is 5.32 Å². The summed E-state index contributed by atoms with van der Waals surface area (Å²) in [6.07, 6.45) is 7.80. The minimum atomic E-state index is -0.106. The predicted octanol–water partition coefficient (Wildman–Crippen LogP) is 1.69. The van der Waals surface area contributed by atoms with E-state index in [1.54, 1.807) is 6.92 Å². The molecule has 1 atom stereocenters. The molecule has 0 radical (unpaired) electrons. The number of hydrogen-bond acceptors (Lipinski definition) is 1. The lowest BCUT2D eigenvalue weighted by Gasteiger charge is -2.04. The van der Waals surface area contributed by atoms with Gasteiger partial charge in [-0.2, -0.15) is 0 Å². The van der Waals surface area contributed by atoms with E-state index in [9.17, 15) is 4.79 Å². The van der Waals surface area contributed by atoms with Crippen molar-refractivity contribution in [2.75, 3.05) is 6.54 Å². The van der Waals surface area contributed by atoms with Crippen molar-refractivity contribution in [3.05, 3.63) is 0 Å². The van der Waals surface area contributed by atoms with Crippen LogP contribution in [-0.4, -0.2) is 17.3 Å². The van der Waals surface area contributed by atoms with E-state index in [1.165, 1.54) is 0 Å². The quantitative estimate of drug-likeness (QED) is 0.436. The van der Waals surface area contributed by atoms with Crippen LogP contribution in [0, 0.1) is 12.3 Å². The smallest absolute Gasteiger partial charge is 0.233 e. The molecule has 68 valence electrons. The van der Waals surface area contributed by atoms with Crippen LogP contribution in [0.15, 0.2) is 0 Å². The molecule has 0 aromatic heterocycles. The first kappa shape index (κ1) is 11.5. The molecule has 1 unspecified atom stereocenters. The van der Waals surface area contributed by atoms with E-state index in [1.807, 2.05) is 0 Å². The summed E-state index contributed by atoms with van der Waals surface area (Å²) in [5.41, 5.74) is 0. The van der Waals surface area contributed by atoms with Gasteiger partial charge in [-0.05, 0) is 19.8 Å². The largest absolute Gasteiger partial charge is 0.355 e. The van der Waals surface area contributed by atoms with Gasteiger partial charge in [0.2, 0.25) is 5.91 Å². The summed E-state index contributed by atoms with van der Waals surface area (Å²) in [5, 5.41) is 2.79. The molecule has 0 aliphatic rings. The number of halogens is 1. The first-order chi connectivity index (χ1) is 5.68. The number of rotatable bonds is 5. The molecular formula is C9H14BrNO. The molecule has 0 fully saturated rings. The Morgan fingerprint density at radius 2 is 2.33 bits per heavy atom. The van der Waals surface area contributed by atoms with Gasteiger partial charge in [-0.25, -0.2) is 0 Å². The lowest BCUT2D eigenvalue weighted by Crippen LogP contribution is -2.30. The molecule has 0 aromatic rings. The van der Waals surface area contributed by atoms with Crippen molar-refractivity contribution in [3.63, 3.8) is 0 Å². The van der Waals surface area contributed by atoms with E-state index in [4.69, 9.17) is 6.42 Å². The van der Waals surface area contributed by atoms with Gasteiger partial charge in [-0.1, -0.05) is 15.9 Å². The summed E-state index contributed by atoms with van der Waals surface area (Å²) < 4.78 is 0. The number of nitrogens with one attached hydrogen (secondary N) is 1. The first-order valence-electron chi connectivity index (χ1n) is 4.03. The second kappa shape index (κ2) is 7.17. The fraction of sp³-hybridized carbons (Fsp3) is 0.667. The molecule has 2 nitrogen and oxygen atoms in total. The number of unbranched alkanes of at least 4 members (excludes halogenated alkanes) is 2. The van der Waals surface area contributed by atoms with Crippen molar-refractivity contribution in [1.29, 1.82) is 0 Å². The van der Waals surface area contributed by atoms with E-state index in [2.05, 4.69) is 27.2 Å².